The molecule has 0 radical (unpaired) electrons. The van der Waals surface area contributed by atoms with Crippen molar-refractivity contribution in [2.45, 2.75) is 46.2 Å². The Morgan fingerprint density at radius 2 is 2.00 bits per heavy atom. The molecule has 2 aromatic heterocycles. The Hall–Kier alpha value is -2.89. The molecular weight excluding hydrogens is 328 g/mol. The van der Waals surface area contributed by atoms with Gasteiger partial charge in [-0.15, -0.1) is 0 Å². The summed E-state index contributed by atoms with van der Waals surface area (Å²) in [6, 6.07) is 9.98. The highest BCUT2D eigenvalue weighted by molar-refractivity contribution is 5.79. The zero-order valence-electron chi connectivity index (χ0n) is 15.4. The minimum absolute atomic E-state index is 0.0318. The highest BCUT2D eigenvalue weighted by atomic mass is 16.5. The van der Waals surface area contributed by atoms with E-state index in [9.17, 15) is 4.79 Å². The fourth-order valence-corrected chi connectivity index (χ4v) is 3.08. The molecule has 0 saturated carbocycles. The van der Waals surface area contributed by atoms with Crippen molar-refractivity contribution >= 4 is 5.91 Å². The molecule has 0 aliphatic carbocycles. The van der Waals surface area contributed by atoms with Crippen LogP contribution in [-0.4, -0.2) is 20.6 Å². The zero-order valence-corrected chi connectivity index (χ0v) is 15.4. The first-order valence-electron chi connectivity index (χ1n) is 8.78. The Kier molecular flexibility index (Phi) is 5.51. The van der Waals surface area contributed by atoms with Gasteiger partial charge in [-0.1, -0.05) is 35.5 Å². The highest BCUT2D eigenvalue weighted by Crippen LogP contribution is 2.19. The third-order valence-corrected chi connectivity index (χ3v) is 4.64. The molecule has 0 aliphatic rings. The lowest BCUT2D eigenvalue weighted by molar-refractivity contribution is -0.121. The molecule has 1 amide bonds. The molecule has 3 aromatic rings. The number of hydrogen-bond acceptors (Lipinski definition) is 4. The smallest absolute Gasteiger partial charge is 0.225 e. The summed E-state index contributed by atoms with van der Waals surface area (Å²) in [5, 5.41) is 7.09. The molecule has 136 valence electrons. The molecule has 0 aliphatic heterocycles. The fraction of sp³-hybridized carbons (Fsp3) is 0.350. The van der Waals surface area contributed by atoms with Crippen LogP contribution >= 0.6 is 0 Å². The van der Waals surface area contributed by atoms with E-state index in [-0.39, 0.29) is 18.4 Å². The second kappa shape index (κ2) is 7.99. The lowest BCUT2D eigenvalue weighted by Crippen LogP contribution is -2.31. The monoisotopic (exact) mass is 352 g/mol. The van der Waals surface area contributed by atoms with Crippen molar-refractivity contribution in [2.75, 3.05) is 0 Å². The van der Waals surface area contributed by atoms with Crippen LogP contribution < -0.4 is 5.32 Å². The topological polar surface area (TPSA) is 73.0 Å². The van der Waals surface area contributed by atoms with E-state index >= 15 is 0 Å². The van der Waals surface area contributed by atoms with Crippen LogP contribution in [0.15, 0.2) is 47.2 Å². The first kappa shape index (κ1) is 17.9. The normalized spacial score (nSPS) is 12.1. The Labute approximate surface area is 153 Å². The molecule has 1 N–H and O–H groups in total. The van der Waals surface area contributed by atoms with Gasteiger partial charge in [0, 0.05) is 24.5 Å². The van der Waals surface area contributed by atoms with Crippen LogP contribution in [0.5, 0.6) is 0 Å². The van der Waals surface area contributed by atoms with Crippen LogP contribution in [0, 0.1) is 20.8 Å². The average Bonchev–Trinajstić information content (AvgIpc) is 3.19. The Morgan fingerprint density at radius 1 is 1.23 bits per heavy atom. The maximum Gasteiger partial charge on any atom is 0.225 e. The van der Waals surface area contributed by atoms with E-state index in [0.717, 1.165) is 35.6 Å². The van der Waals surface area contributed by atoms with Gasteiger partial charge in [-0.3, -0.25) is 4.79 Å². The van der Waals surface area contributed by atoms with Crippen molar-refractivity contribution in [3.63, 3.8) is 0 Å². The predicted molar refractivity (Wildman–Crippen MR) is 98.6 cm³/mol. The molecule has 1 unspecified atom stereocenters. The number of carbonyl (C=O) groups is 1. The number of nitrogens with one attached hydrogen (secondary N) is 1. The standard InChI is InChI=1S/C20H24N4O2/c1-14-18(15(2)26-23-14)13-20(25)22-19(17-7-5-4-6-8-17)9-11-24-12-10-21-16(24)3/h4-8,10,12,19H,9,11,13H2,1-3H3,(H,22,25). The van der Waals surface area contributed by atoms with E-state index < -0.39 is 0 Å². The highest BCUT2D eigenvalue weighted by Gasteiger charge is 2.18. The van der Waals surface area contributed by atoms with Gasteiger partial charge in [0.15, 0.2) is 0 Å². The van der Waals surface area contributed by atoms with Gasteiger partial charge in [-0.05, 0) is 32.8 Å². The molecule has 1 aromatic carbocycles. The van der Waals surface area contributed by atoms with Gasteiger partial charge >= 0.3 is 0 Å². The molecule has 6 heteroatoms. The summed E-state index contributed by atoms with van der Waals surface area (Å²) >= 11 is 0. The van der Waals surface area contributed by atoms with Gasteiger partial charge in [0.1, 0.15) is 11.6 Å². The van der Waals surface area contributed by atoms with Crippen molar-refractivity contribution in [1.82, 2.24) is 20.0 Å². The van der Waals surface area contributed by atoms with Crippen LogP contribution in [0.1, 0.15) is 40.9 Å². The summed E-state index contributed by atoms with van der Waals surface area (Å²) in [7, 11) is 0. The van der Waals surface area contributed by atoms with Crippen LogP contribution in [0.3, 0.4) is 0 Å². The first-order valence-corrected chi connectivity index (χ1v) is 8.78. The summed E-state index contributed by atoms with van der Waals surface area (Å²) in [4.78, 5) is 16.9. The number of aryl methyl sites for hydroxylation is 4. The molecule has 3 rings (SSSR count). The van der Waals surface area contributed by atoms with Crippen LogP contribution in [0.4, 0.5) is 0 Å². The molecule has 2 heterocycles. The second-order valence-corrected chi connectivity index (χ2v) is 6.47. The molecular formula is C20H24N4O2. The van der Waals surface area contributed by atoms with Gasteiger partial charge in [-0.2, -0.15) is 0 Å². The van der Waals surface area contributed by atoms with E-state index in [1.54, 1.807) is 6.20 Å². The molecule has 1 atom stereocenters. The first-order chi connectivity index (χ1) is 12.5. The average molecular weight is 352 g/mol. The van der Waals surface area contributed by atoms with Crippen LogP contribution in [-0.2, 0) is 17.8 Å². The number of rotatable bonds is 7. The Morgan fingerprint density at radius 3 is 2.62 bits per heavy atom. The number of benzene rings is 1. The van der Waals surface area contributed by atoms with Gasteiger partial charge in [-0.25, -0.2) is 4.98 Å². The molecule has 6 nitrogen and oxygen atoms in total. The summed E-state index contributed by atoms with van der Waals surface area (Å²) in [5.41, 5.74) is 2.72. The zero-order chi connectivity index (χ0) is 18.5. The van der Waals surface area contributed by atoms with Crippen molar-refractivity contribution < 1.29 is 9.32 Å². The number of hydrogen-bond donors (Lipinski definition) is 1. The van der Waals surface area contributed by atoms with E-state index in [1.165, 1.54) is 0 Å². The number of imidazole rings is 1. The number of carbonyl (C=O) groups excluding carboxylic acids is 1. The Bertz CT molecular complexity index is 848. The lowest BCUT2D eigenvalue weighted by Gasteiger charge is -2.20. The van der Waals surface area contributed by atoms with E-state index in [4.69, 9.17) is 4.52 Å². The fourth-order valence-electron chi connectivity index (χ4n) is 3.08. The molecule has 26 heavy (non-hydrogen) atoms. The SMILES string of the molecule is Cc1noc(C)c1CC(=O)NC(CCn1ccnc1C)c1ccccc1. The van der Waals surface area contributed by atoms with Gasteiger partial charge < -0.3 is 14.4 Å². The van der Waals surface area contributed by atoms with Crippen molar-refractivity contribution in [3.8, 4) is 0 Å². The maximum atomic E-state index is 12.6. The summed E-state index contributed by atoms with van der Waals surface area (Å²) in [5.74, 6) is 1.64. The number of aromatic nitrogens is 3. The number of nitrogens with zero attached hydrogens (tertiary/aromatic N) is 3. The van der Waals surface area contributed by atoms with Gasteiger partial charge in [0.25, 0.3) is 0 Å². The predicted octanol–water partition coefficient (Wildman–Crippen LogP) is 3.29. The largest absolute Gasteiger partial charge is 0.361 e. The minimum atomic E-state index is -0.0639. The summed E-state index contributed by atoms with van der Waals surface area (Å²) in [6.45, 7) is 6.46. The van der Waals surface area contributed by atoms with E-state index in [0.29, 0.717) is 5.76 Å². The third-order valence-electron chi connectivity index (χ3n) is 4.64. The van der Waals surface area contributed by atoms with Gasteiger partial charge in [0.2, 0.25) is 5.91 Å². The van der Waals surface area contributed by atoms with Gasteiger partial charge in [0.05, 0.1) is 18.2 Å². The van der Waals surface area contributed by atoms with Crippen molar-refractivity contribution in [2.24, 2.45) is 0 Å². The van der Waals surface area contributed by atoms with E-state index in [2.05, 4.69) is 20.0 Å². The third kappa shape index (κ3) is 4.20. The van der Waals surface area contributed by atoms with Crippen molar-refractivity contribution in [3.05, 3.63) is 71.1 Å². The minimum Gasteiger partial charge on any atom is -0.361 e. The second-order valence-electron chi connectivity index (χ2n) is 6.47. The summed E-state index contributed by atoms with van der Waals surface area (Å²) in [6.07, 6.45) is 4.81. The molecule has 0 spiro atoms. The summed E-state index contributed by atoms with van der Waals surface area (Å²) < 4.78 is 7.25. The van der Waals surface area contributed by atoms with E-state index in [1.807, 2.05) is 57.3 Å². The van der Waals surface area contributed by atoms with Crippen LogP contribution in [0.2, 0.25) is 0 Å². The Balaban J connectivity index is 1.71. The van der Waals surface area contributed by atoms with Crippen LogP contribution in [0.25, 0.3) is 0 Å². The van der Waals surface area contributed by atoms with Crippen molar-refractivity contribution in [1.29, 1.82) is 0 Å². The molecule has 0 fully saturated rings. The maximum absolute atomic E-state index is 12.6. The molecule has 0 saturated heterocycles. The number of amides is 1. The lowest BCUT2D eigenvalue weighted by atomic mass is 10.0. The quantitative estimate of drug-likeness (QED) is 0.708. The molecule has 0 bridgehead atoms.